The van der Waals surface area contributed by atoms with E-state index in [-0.39, 0.29) is 51.6 Å². The monoisotopic (exact) mass is 744 g/mol. The van der Waals surface area contributed by atoms with Gasteiger partial charge in [0, 0.05) is 11.4 Å². The van der Waals surface area contributed by atoms with Gasteiger partial charge in [0.05, 0.1) is 40.2 Å². The molecule has 4 aromatic carbocycles. The van der Waals surface area contributed by atoms with Gasteiger partial charge >= 0.3 is 24.2 Å². The molecular weight excluding hydrogens is 710 g/mol. The lowest BCUT2D eigenvalue weighted by molar-refractivity contribution is -0.138. The predicted molar refractivity (Wildman–Crippen MR) is 184 cm³/mol. The van der Waals surface area contributed by atoms with Crippen LogP contribution in [0.3, 0.4) is 0 Å². The molecule has 0 bridgehead atoms. The minimum absolute atomic E-state index is 0. The second-order valence-electron chi connectivity index (χ2n) is 10.3. The summed E-state index contributed by atoms with van der Waals surface area (Å²) in [5.41, 5.74) is 1.65. The zero-order chi connectivity index (χ0) is 36.6. The quantitative estimate of drug-likeness (QED) is 0.0959. The first-order chi connectivity index (χ1) is 24.4. The van der Waals surface area contributed by atoms with Gasteiger partial charge in [-0.15, -0.1) is 20.4 Å². The summed E-state index contributed by atoms with van der Waals surface area (Å²) in [6.45, 7) is 1.45. The highest BCUT2D eigenvalue weighted by Gasteiger charge is 2.31. The SMILES string of the molecule is C.C.CCOC(=O)c1nnc(-c2ccccc2Nc2ccc(C(F)(F)F)cc2)o1.OCc1nnc(-c2ccccc2Nc2ccc(C(F)(F)F)cc2)o1. The molecule has 0 saturated carbocycles. The van der Waals surface area contributed by atoms with E-state index in [0.717, 1.165) is 24.3 Å². The first-order valence-electron chi connectivity index (χ1n) is 14.9. The first kappa shape index (κ1) is 41.2. The molecule has 17 heteroatoms. The number of alkyl halides is 6. The van der Waals surface area contributed by atoms with E-state index in [0.29, 0.717) is 33.9 Å². The summed E-state index contributed by atoms with van der Waals surface area (Å²) in [6, 6.07) is 23.1. The van der Waals surface area contributed by atoms with Gasteiger partial charge in [-0.05, 0) is 79.7 Å². The summed E-state index contributed by atoms with van der Waals surface area (Å²) in [6.07, 6.45) is -8.77. The van der Waals surface area contributed by atoms with Gasteiger partial charge in [-0.2, -0.15) is 26.3 Å². The fraction of sp³-hybridized carbons (Fsp3) is 0.194. The standard InChI is InChI=1S/C18H14F3N3O3.C16H12F3N3O2.2CH4/c1-2-26-17(25)16-24-23-15(27-16)13-5-3-4-6-14(13)22-12-9-7-11(8-10-12)18(19,20)21;17-16(18,19)10-5-7-11(8-6-10)20-13-4-2-1-3-12(13)15-22-21-14(9-23)24-15;;/h3-10,22H,2H2,1H3;1-8,20,23H,9H2;2*1H4. The molecule has 2 heterocycles. The fourth-order valence-corrected chi connectivity index (χ4v) is 4.39. The first-order valence-corrected chi connectivity index (χ1v) is 14.9. The summed E-state index contributed by atoms with van der Waals surface area (Å²) in [7, 11) is 0. The largest absolute Gasteiger partial charge is 0.459 e. The Hall–Kier alpha value is -6.23. The van der Waals surface area contributed by atoms with Gasteiger partial charge in [-0.25, -0.2) is 4.79 Å². The lowest BCUT2D eigenvalue weighted by atomic mass is 10.1. The zero-order valence-corrected chi connectivity index (χ0v) is 26.3. The number of hydrogen-bond acceptors (Lipinski definition) is 11. The van der Waals surface area contributed by atoms with Gasteiger partial charge < -0.3 is 29.3 Å². The maximum atomic E-state index is 12.7. The Morgan fingerprint density at radius 2 is 1.09 bits per heavy atom. The Labute approximate surface area is 299 Å². The van der Waals surface area contributed by atoms with Crippen LogP contribution in [0.2, 0.25) is 0 Å². The Morgan fingerprint density at radius 3 is 1.51 bits per heavy atom. The van der Waals surface area contributed by atoms with Crippen LogP contribution in [-0.4, -0.2) is 38.1 Å². The van der Waals surface area contributed by atoms with Crippen LogP contribution in [0.4, 0.5) is 49.1 Å². The van der Waals surface area contributed by atoms with Gasteiger partial charge in [0.1, 0.15) is 6.61 Å². The lowest BCUT2D eigenvalue weighted by Gasteiger charge is -2.11. The molecule has 0 saturated heterocycles. The number of aliphatic hydroxyl groups excluding tert-OH is 1. The number of aliphatic hydroxyl groups is 1. The number of nitrogens with one attached hydrogen (secondary N) is 2. The third kappa shape index (κ3) is 10.6. The zero-order valence-electron chi connectivity index (χ0n) is 26.3. The van der Waals surface area contributed by atoms with Gasteiger partial charge in [-0.1, -0.05) is 39.1 Å². The predicted octanol–water partition coefficient (Wildman–Crippen LogP) is 9.94. The number of para-hydroxylation sites is 2. The third-order valence-corrected chi connectivity index (χ3v) is 6.77. The molecule has 6 aromatic rings. The smallest absolute Gasteiger partial charge is 0.416 e. The van der Waals surface area contributed by atoms with E-state index >= 15 is 0 Å². The van der Waals surface area contributed by atoms with Crippen molar-refractivity contribution in [1.82, 2.24) is 20.4 Å². The summed E-state index contributed by atoms with van der Waals surface area (Å²) >= 11 is 0. The van der Waals surface area contributed by atoms with Crippen molar-refractivity contribution in [3.8, 4) is 22.9 Å². The highest BCUT2D eigenvalue weighted by atomic mass is 19.4. The number of nitrogens with zero attached hydrogens (tertiary/aromatic N) is 4. The molecule has 2 aromatic heterocycles. The summed E-state index contributed by atoms with van der Waals surface area (Å²) in [5, 5.41) is 30.0. The van der Waals surface area contributed by atoms with Gasteiger partial charge in [-0.3, -0.25) is 0 Å². The van der Waals surface area contributed by atoms with Crippen molar-refractivity contribution in [3.63, 3.8) is 0 Å². The maximum Gasteiger partial charge on any atom is 0.416 e. The van der Waals surface area contributed by atoms with Crippen LogP contribution in [0.5, 0.6) is 0 Å². The molecule has 0 amide bonds. The molecule has 11 nitrogen and oxygen atoms in total. The minimum Gasteiger partial charge on any atom is -0.459 e. The molecule has 0 spiro atoms. The number of anilines is 4. The fourth-order valence-electron chi connectivity index (χ4n) is 4.39. The van der Waals surface area contributed by atoms with Gasteiger partial charge in [0.15, 0.2) is 0 Å². The topological polar surface area (TPSA) is 148 Å². The normalized spacial score (nSPS) is 10.9. The van der Waals surface area contributed by atoms with E-state index in [1.54, 1.807) is 55.5 Å². The highest BCUT2D eigenvalue weighted by Crippen LogP contribution is 2.34. The Bertz CT molecular complexity index is 2060. The lowest BCUT2D eigenvalue weighted by Crippen LogP contribution is -2.04. The average Bonchev–Trinajstić information content (AvgIpc) is 3.80. The Morgan fingerprint density at radius 1 is 0.660 bits per heavy atom. The molecule has 0 aliphatic carbocycles. The molecule has 280 valence electrons. The second-order valence-corrected chi connectivity index (χ2v) is 10.3. The molecule has 0 unspecified atom stereocenters. The van der Waals surface area contributed by atoms with Crippen molar-refractivity contribution in [1.29, 1.82) is 0 Å². The summed E-state index contributed by atoms with van der Waals surface area (Å²) in [5.74, 6) is -0.655. The van der Waals surface area contributed by atoms with Crippen molar-refractivity contribution in [2.45, 2.75) is 40.7 Å². The van der Waals surface area contributed by atoms with Crippen LogP contribution in [0.15, 0.2) is 106 Å². The number of aromatic nitrogens is 4. The second kappa shape index (κ2) is 17.8. The minimum atomic E-state index is -4.40. The number of rotatable bonds is 9. The van der Waals surface area contributed by atoms with Crippen molar-refractivity contribution >= 4 is 28.7 Å². The molecule has 0 atom stereocenters. The molecule has 0 aliphatic heterocycles. The molecule has 6 rings (SSSR count). The van der Waals surface area contributed by atoms with E-state index in [2.05, 4.69) is 31.0 Å². The molecular formula is C36H34F6N6O5. The van der Waals surface area contributed by atoms with Crippen LogP contribution >= 0.6 is 0 Å². The van der Waals surface area contributed by atoms with E-state index in [9.17, 15) is 31.1 Å². The summed E-state index contributed by atoms with van der Waals surface area (Å²) in [4.78, 5) is 11.7. The number of hydrogen-bond donors (Lipinski definition) is 3. The number of benzene rings is 4. The van der Waals surface area contributed by atoms with Crippen molar-refractivity contribution < 1.29 is 49.8 Å². The number of carbonyl (C=O) groups is 1. The van der Waals surface area contributed by atoms with Crippen LogP contribution in [0.1, 0.15) is 49.5 Å². The third-order valence-electron chi connectivity index (χ3n) is 6.77. The Kier molecular flexibility index (Phi) is 13.8. The molecule has 0 aliphatic rings. The average molecular weight is 745 g/mol. The Balaban J connectivity index is 0.000000277. The van der Waals surface area contributed by atoms with E-state index in [4.69, 9.17) is 18.7 Å². The van der Waals surface area contributed by atoms with Crippen LogP contribution in [0.25, 0.3) is 22.9 Å². The van der Waals surface area contributed by atoms with E-state index in [1.165, 1.54) is 24.3 Å². The van der Waals surface area contributed by atoms with E-state index < -0.39 is 29.4 Å². The molecule has 0 radical (unpaired) electrons. The number of ether oxygens (including phenoxy) is 1. The summed E-state index contributed by atoms with van der Waals surface area (Å²) < 4.78 is 91.2. The van der Waals surface area contributed by atoms with E-state index in [1.807, 2.05) is 0 Å². The highest BCUT2D eigenvalue weighted by molar-refractivity contribution is 5.85. The molecule has 0 fully saturated rings. The van der Waals surface area contributed by atoms with Gasteiger partial charge in [0.2, 0.25) is 11.8 Å². The molecule has 53 heavy (non-hydrogen) atoms. The van der Waals surface area contributed by atoms with Gasteiger partial charge in [0.25, 0.3) is 5.89 Å². The van der Waals surface area contributed by atoms with Crippen LogP contribution in [0, 0.1) is 0 Å². The van der Waals surface area contributed by atoms with Crippen molar-refractivity contribution in [2.75, 3.05) is 17.2 Å². The number of esters is 1. The molecule has 3 N–H and O–H groups in total. The van der Waals surface area contributed by atoms with Crippen LogP contribution in [-0.2, 0) is 23.7 Å². The maximum absolute atomic E-state index is 12.7. The van der Waals surface area contributed by atoms with Crippen LogP contribution < -0.4 is 10.6 Å². The number of carbonyl (C=O) groups excluding carboxylic acids is 1. The van der Waals surface area contributed by atoms with Crippen molar-refractivity contribution in [2.24, 2.45) is 0 Å². The number of halogens is 6. The van der Waals surface area contributed by atoms with Crippen molar-refractivity contribution in [3.05, 3.63) is 120 Å².